The van der Waals surface area contributed by atoms with E-state index in [1.165, 1.54) is 6.92 Å². The molecule has 0 aromatic rings. The van der Waals surface area contributed by atoms with Gasteiger partial charge < -0.3 is 53.7 Å². The molecule has 0 unspecified atom stereocenters. The normalized spacial score (nSPS) is 49.5. The second-order valence-corrected chi connectivity index (χ2v) is 16.1. The summed E-state index contributed by atoms with van der Waals surface area (Å²) in [4.78, 5) is 16.0. The van der Waals surface area contributed by atoms with Crippen molar-refractivity contribution in [1.29, 1.82) is 0 Å². The number of esters is 1. The number of carbonyl (C=O) groups is 1. The molecule has 12 heteroatoms. The Labute approximate surface area is 288 Å². The van der Waals surface area contributed by atoms with Gasteiger partial charge in [-0.05, 0) is 87.1 Å². The fourth-order valence-electron chi connectivity index (χ4n) is 8.19. The van der Waals surface area contributed by atoms with Crippen LogP contribution in [0.25, 0.3) is 0 Å². The van der Waals surface area contributed by atoms with Crippen molar-refractivity contribution in [1.82, 2.24) is 4.90 Å². The molecule has 4 N–H and O–H groups in total. The molecule has 48 heavy (non-hydrogen) atoms. The highest BCUT2D eigenvalue weighted by Crippen LogP contribution is 2.39. The summed E-state index contributed by atoms with van der Waals surface area (Å²) in [6.45, 7) is 18.7. The average Bonchev–Trinajstić information content (AvgIpc) is 2.99. The van der Waals surface area contributed by atoms with E-state index >= 15 is 0 Å². The van der Waals surface area contributed by atoms with Crippen LogP contribution in [-0.2, 0) is 33.2 Å². The highest BCUT2D eigenvalue weighted by molar-refractivity contribution is 5.73. The molecule has 3 fully saturated rings. The first kappa shape index (κ1) is 41.5. The van der Waals surface area contributed by atoms with E-state index in [1.54, 1.807) is 27.9 Å². The minimum Gasteiger partial charge on any atom is -0.459 e. The van der Waals surface area contributed by atoms with Crippen molar-refractivity contribution in [3.8, 4) is 0 Å². The van der Waals surface area contributed by atoms with Crippen LogP contribution in [0, 0.1) is 17.8 Å². The number of cyclic esters (lactones) is 1. The Balaban J connectivity index is 2.13. The van der Waals surface area contributed by atoms with Gasteiger partial charge in [0.05, 0.1) is 41.5 Å². The molecule has 0 saturated carbocycles. The molecule has 3 saturated heterocycles. The molecular weight excluding hydrogens is 622 g/mol. The largest absolute Gasteiger partial charge is 0.459 e. The molecule has 0 amide bonds. The van der Waals surface area contributed by atoms with Crippen LogP contribution < -0.4 is 0 Å². The number of aliphatic hydroxyl groups excluding tert-OH is 2. The Bertz CT molecular complexity index is 1030. The first-order valence-electron chi connectivity index (χ1n) is 18.0. The van der Waals surface area contributed by atoms with Crippen molar-refractivity contribution in [2.24, 2.45) is 17.8 Å². The highest BCUT2D eigenvalue weighted by Gasteiger charge is 2.51. The van der Waals surface area contributed by atoms with Crippen LogP contribution in [0.15, 0.2) is 0 Å². The maximum absolute atomic E-state index is 14.1. The first-order valence-corrected chi connectivity index (χ1v) is 18.0. The molecule has 3 heterocycles. The number of rotatable bonds is 6. The summed E-state index contributed by atoms with van der Waals surface area (Å²) in [7, 11) is 3.51. The molecule has 3 aliphatic rings. The molecule has 0 radical (unpaired) electrons. The fraction of sp³-hybridized carbons (Fsp3) is 0.972. The van der Waals surface area contributed by atoms with Gasteiger partial charge in [0.25, 0.3) is 0 Å². The quantitative estimate of drug-likeness (QED) is 0.302. The van der Waals surface area contributed by atoms with Crippen molar-refractivity contribution < 1.29 is 53.6 Å². The molecular formula is C36H67NO11. The van der Waals surface area contributed by atoms with Crippen LogP contribution in [0.1, 0.15) is 108 Å². The zero-order chi connectivity index (χ0) is 36.4. The van der Waals surface area contributed by atoms with E-state index in [1.807, 2.05) is 53.5 Å². The van der Waals surface area contributed by atoms with E-state index in [-0.39, 0.29) is 31.0 Å². The number of methoxy groups -OCH3 is 1. The molecule has 282 valence electrons. The van der Waals surface area contributed by atoms with Gasteiger partial charge >= 0.3 is 5.97 Å². The number of nitrogens with zero attached hydrogens (tertiary/aromatic N) is 1. The van der Waals surface area contributed by atoms with Crippen molar-refractivity contribution in [2.45, 2.75) is 186 Å². The second kappa shape index (κ2) is 16.6. The van der Waals surface area contributed by atoms with Gasteiger partial charge in [-0.25, -0.2) is 0 Å². The van der Waals surface area contributed by atoms with E-state index in [4.69, 9.17) is 28.4 Å². The van der Waals surface area contributed by atoms with Crippen molar-refractivity contribution >= 4 is 5.97 Å². The molecule has 0 aliphatic carbocycles. The molecule has 12 nitrogen and oxygen atoms in total. The highest BCUT2D eigenvalue weighted by atomic mass is 16.7. The summed E-state index contributed by atoms with van der Waals surface area (Å²) < 4.78 is 37.5. The monoisotopic (exact) mass is 689 g/mol. The predicted octanol–water partition coefficient (Wildman–Crippen LogP) is 3.39. The summed E-state index contributed by atoms with van der Waals surface area (Å²) >= 11 is 0. The Morgan fingerprint density at radius 2 is 1.56 bits per heavy atom. The summed E-state index contributed by atoms with van der Waals surface area (Å²) in [6.07, 6.45) is -4.30. The summed E-state index contributed by atoms with van der Waals surface area (Å²) in [5, 5.41) is 46.4. The van der Waals surface area contributed by atoms with Gasteiger partial charge in [0.1, 0.15) is 23.9 Å². The van der Waals surface area contributed by atoms with Crippen molar-refractivity contribution in [2.75, 3.05) is 20.7 Å². The second-order valence-electron chi connectivity index (χ2n) is 16.1. The smallest absolute Gasteiger partial charge is 0.311 e. The average molecular weight is 690 g/mol. The molecule has 0 bridgehead atoms. The van der Waals surface area contributed by atoms with Crippen molar-refractivity contribution in [3.05, 3.63) is 0 Å². The standard InChI is InChI=1S/C36H67NO11/c1-13-27-36(10,42)30(39)25(7)37(11)19-20(2)16-35(9,41)31(48-33-26(38)15-14-21(3)45-33)23(5)29(24(6)32(40)46-27)47-28-18-34(8,43-12)17-22(4)44-28/h20-31,33,38-39,41-42H,13-19H2,1-12H3/t20-,21-,22+,23+,24-,25-,26-,27-,28+,29+,30-,31-,33+,34+,35-,36-/m1/s1. The lowest BCUT2D eigenvalue weighted by Gasteiger charge is -2.47. The molecule has 0 aromatic carbocycles. The van der Waals surface area contributed by atoms with Gasteiger partial charge in [-0.1, -0.05) is 20.8 Å². The van der Waals surface area contributed by atoms with Crippen LogP contribution in [0.4, 0.5) is 0 Å². The summed E-state index contributed by atoms with van der Waals surface area (Å²) in [5.74, 6) is -2.29. The summed E-state index contributed by atoms with van der Waals surface area (Å²) in [6, 6.07) is -0.502. The maximum atomic E-state index is 14.1. The minimum atomic E-state index is -1.76. The maximum Gasteiger partial charge on any atom is 0.311 e. The summed E-state index contributed by atoms with van der Waals surface area (Å²) in [5.41, 5.74) is -3.75. The van der Waals surface area contributed by atoms with Crippen molar-refractivity contribution in [3.63, 3.8) is 0 Å². The van der Waals surface area contributed by atoms with E-state index in [0.29, 0.717) is 32.2 Å². The fourth-order valence-corrected chi connectivity index (χ4v) is 8.19. The van der Waals surface area contributed by atoms with E-state index in [9.17, 15) is 25.2 Å². The first-order chi connectivity index (χ1) is 22.1. The lowest BCUT2D eigenvalue weighted by Crippen LogP contribution is -2.59. The third kappa shape index (κ3) is 9.89. The van der Waals surface area contributed by atoms with Gasteiger partial charge in [0.2, 0.25) is 0 Å². The van der Waals surface area contributed by atoms with Gasteiger partial charge in [-0.15, -0.1) is 0 Å². The number of hydrogen-bond acceptors (Lipinski definition) is 12. The van der Waals surface area contributed by atoms with Gasteiger partial charge in [0.15, 0.2) is 12.6 Å². The number of aliphatic hydroxyl groups is 4. The van der Waals surface area contributed by atoms with E-state index in [0.717, 1.165) is 0 Å². The molecule has 16 atom stereocenters. The third-order valence-electron chi connectivity index (χ3n) is 11.2. The van der Waals surface area contributed by atoms with Crippen LogP contribution in [-0.4, -0.2) is 130 Å². The Morgan fingerprint density at radius 3 is 2.17 bits per heavy atom. The zero-order valence-electron chi connectivity index (χ0n) is 31.5. The Kier molecular flexibility index (Phi) is 14.4. The zero-order valence-corrected chi connectivity index (χ0v) is 31.5. The van der Waals surface area contributed by atoms with Crippen LogP contribution in [0.2, 0.25) is 0 Å². The van der Waals surface area contributed by atoms with Crippen LogP contribution in [0.5, 0.6) is 0 Å². The Morgan fingerprint density at radius 1 is 0.917 bits per heavy atom. The van der Waals surface area contributed by atoms with Crippen LogP contribution in [0.3, 0.4) is 0 Å². The predicted molar refractivity (Wildman–Crippen MR) is 180 cm³/mol. The number of ether oxygens (including phenoxy) is 6. The van der Waals surface area contributed by atoms with E-state index in [2.05, 4.69) is 0 Å². The SMILES string of the molecule is CC[C@H]1OC(=O)[C@H](C)[C@@H](O[C@H]2C[C@@](C)(OC)C[C@H](C)O2)[C@H](C)[C@@H](O[C@@H]2O[C@H](C)CC[C@H]2O)[C@](C)(O)C[C@@H](C)CN(C)[C@H](C)[C@@H](O)[C@]1(C)O. The van der Waals surface area contributed by atoms with Crippen LogP contribution >= 0.6 is 0 Å². The topological polar surface area (TPSA) is 157 Å². The third-order valence-corrected chi connectivity index (χ3v) is 11.2. The van der Waals surface area contributed by atoms with Gasteiger partial charge in [-0.3, -0.25) is 4.79 Å². The molecule has 0 aromatic heterocycles. The minimum absolute atomic E-state index is 0.0919. The number of hydrogen-bond donors (Lipinski definition) is 4. The Hall–Kier alpha value is -0.930. The molecule has 3 rings (SSSR count). The number of carbonyl (C=O) groups excluding carboxylic acids is 1. The molecule has 0 spiro atoms. The van der Waals surface area contributed by atoms with Gasteiger partial charge in [-0.2, -0.15) is 0 Å². The van der Waals surface area contributed by atoms with Gasteiger partial charge in [0, 0.05) is 38.5 Å². The lowest BCUT2D eigenvalue weighted by molar-refractivity contribution is -0.303. The number of likely N-dealkylation sites (N-methyl/N-ethyl adjacent to an activating group) is 1. The lowest BCUT2D eigenvalue weighted by atomic mass is 9.77. The molecule has 3 aliphatic heterocycles. The van der Waals surface area contributed by atoms with E-state index < -0.39 is 83.7 Å².